The van der Waals surface area contributed by atoms with E-state index in [1.165, 1.54) is 0 Å². The Kier molecular flexibility index (Phi) is 6.22. The molecule has 1 heterocycles. The van der Waals surface area contributed by atoms with E-state index in [9.17, 15) is 14.9 Å². The van der Waals surface area contributed by atoms with Crippen molar-refractivity contribution in [1.29, 1.82) is 5.26 Å². The quantitative estimate of drug-likeness (QED) is 0.761. The first-order valence-electron chi connectivity index (χ1n) is 9.19. The van der Waals surface area contributed by atoms with Crippen LogP contribution in [0.15, 0.2) is 48.5 Å². The van der Waals surface area contributed by atoms with E-state index in [0.717, 1.165) is 36.0 Å². The van der Waals surface area contributed by atoms with Crippen molar-refractivity contribution in [3.05, 3.63) is 59.7 Å². The summed E-state index contributed by atoms with van der Waals surface area (Å²) in [5.74, 6) is -0.353. The number of carbonyl (C=O) groups excluding carboxylic acids is 2. The lowest BCUT2D eigenvalue weighted by molar-refractivity contribution is -0.150. The molecule has 0 spiro atoms. The van der Waals surface area contributed by atoms with Gasteiger partial charge in [-0.1, -0.05) is 48.9 Å². The first kappa shape index (κ1) is 18.7. The van der Waals surface area contributed by atoms with Crippen LogP contribution in [0, 0.1) is 11.3 Å². The maximum Gasteiger partial charge on any atom is 0.325 e. The second-order valence-corrected chi connectivity index (χ2v) is 6.64. The molecule has 0 saturated carbocycles. The van der Waals surface area contributed by atoms with Crippen molar-refractivity contribution in [2.45, 2.75) is 32.3 Å². The Balaban J connectivity index is 1.56. The smallest absolute Gasteiger partial charge is 0.325 e. The van der Waals surface area contributed by atoms with Gasteiger partial charge in [-0.05, 0) is 35.6 Å². The van der Waals surface area contributed by atoms with Crippen LogP contribution in [0.2, 0.25) is 0 Å². The van der Waals surface area contributed by atoms with E-state index < -0.39 is 0 Å². The fourth-order valence-corrected chi connectivity index (χ4v) is 3.18. The van der Waals surface area contributed by atoms with Crippen molar-refractivity contribution in [3.8, 4) is 17.2 Å². The summed E-state index contributed by atoms with van der Waals surface area (Å²) < 4.78 is 5.33. The predicted molar refractivity (Wildman–Crippen MR) is 101 cm³/mol. The number of carbonyl (C=O) groups is 2. The van der Waals surface area contributed by atoms with Crippen LogP contribution in [0.1, 0.15) is 36.8 Å². The van der Waals surface area contributed by atoms with Crippen molar-refractivity contribution in [2.24, 2.45) is 0 Å². The van der Waals surface area contributed by atoms with Crippen LogP contribution in [0.3, 0.4) is 0 Å². The molecule has 27 heavy (non-hydrogen) atoms. The minimum atomic E-state index is -0.385. The molecule has 5 nitrogen and oxygen atoms in total. The van der Waals surface area contributed by atoms with Gasteiger partial charge in [0.1, 0.15) is 13.2 Å². The van der Waals surface area contributed by atoms with E-state index >= 15 is 0 Å². The summed E-state index contributed by atoms with van der Waals surface area (Å²) in [4.78, 5) is 25.6. The first-order chi connectivity index (χ1) is 13.2. The SMILES string of the molecule is N#Cc1ccccc1-c1ccc(COC(=O)CN2CCCCCC2=O)cc1. The molecular weight excluding hydrogens is 340 g/mol. The lowest BCUT2D eigenvalue weighted by Crippen LogP contribution is -2.35. The van der Waals surface area contributed by atoms with Gasteiger partial charge in [0, 0.05) is 13.0 Å². The molecule has 138 valence electrons. The summed E-state index contributed by atoms with van der Waals surface area (Å²) in [7, 11) is 0. The zero-order valence-electron chi connectivity index (χ0n) is 15.2. The van der Waals surface area contributed by atoms with E-state index in [2.05, 4.69) is 6.07 Å². The number of hydrogen-bond donors (Lipinski definition) is 0. The highest BCUT2D eigenvalue weighted by atomic mass is 16.5. The Morgan fingerprint density at radius 3 is 2.63 bits per heavy atom. The second kappa shape index (κ2) is 9.00. The monoisotopic (exact) mass is 362 g/mol. The Bertz CT molecular complexity index is 853. The Hall–Kier alpha value is -3.13. The van der Waals surface area contributed by atoms with E-state index in [-0.39, 0.29) is 25.0 Å². The fourth-order valence-electron chi connectivity index (χ4n) is 3.18. The molecule has 1 aliphatic heterocycles. The molecular formula is C22H22N2O3. The lowest BCUT2D eigenvalue weighted by atomic mass is 9.99. The van der Waals surface area contributed by atoms with Crippen molar-refractivity contribution in [3.63, 3.8) is 0 Å². The number of benzene rings is 2. The number of nitrogens with zero attached hydrogens (tertiary/aromatic N) is 2. The van der Waals surface area contributed by atoms with Crippen LogP contribution in [0.25, 0.3) is 11.1 Å². The maximum atomic E-state index is 12.1. The molecule has 1 saturated heterocycles. The van der Waals surface area contributed by atoms with Gasteiger partial charge in [0.2, 0.25) is 5.91 Å². The van der Waals surface area contributed by atoms with Crippen molar-refractivity contribution in [1.82, 2.24) is 4.90 Å². The summed E-state index contributed by atoms with van der Waals surface area (Å²) in [6.07, 6.45) is 3.37. The molecule has 0 aliphatic carbocycles. The standard InChI is InChI=1S/C22H22N2O3/c23-14-19-6-3-4-7-20(19)18-11-9-17(10-12-18)16-27-22(26)15-24-13-5-1-2-8-21(24)25/h3-4,6-7,9-12H,1-2,5,8,13,15-16H2. The summed E-state index contributed by atoms with van der Waals surface area (Å²) in [5, 5.41) is 9.22. The van der Waals surface area contributed by atoms with E-state index in [0.29, 0.717) is 18.5 Å². The zero-order valence-corrected chi connectivity index (χ0v) is 15.2. The van der Waals surface area contributed by atoms with Gasteiger partial charge in [0.05, 0.1) is 11.6 Å². The van der Waals surface area contributed by atoms with Gasteiger partial charge in [-0.2, -0.15) is 5.26 Å². The molecule has 1 fully saturated rings. The summed E-state index contributed by atoms with van der Waals surface area (Å²) in [6, 6.07) is 17.2. The topological polar surface area (TPSA) is 70.4 Å². The van der Waals surface area contributed by atoms with E-state index in [4.69, 9.17) is 4.74 Å². The highest BCUT2D eigenvalue weighted by molar-refractivity contribution is 5.82. The largest absolute Gasteiger partial charge is 0.459 e. The molecule has 0 N–H and O–H groups in total. The first-order valence-corrected chi connectivity index (χ1v) is 9.19. The van der Waals surface area contributed by atoms with Crippen LogP contribution < -0.4 is 0 Å². The summed E-state index contributed by atoms with van der Waals surface area (Å²) in [6.45, 7) is 0.814. The summed E-state index contributed by atoms with van der Waals surface area (Å²) >= 11 is 0. The highest BCUT2D eigenvalue weighted by Gasteiger charge is 2.19. The highest BCUT2D eigenvalue weighted by Crippen LogP contribution is 2.23. The number of nitriles is 1. The number of rotatable bonds is 5. The van der Waals surface area contributed by atoms with Gasteiger partial charge in [-0.25, -0.2) is 0 Å². The second-order valence-electron chi connectivity index (χ2n) is 6.64. The molecule has 0 aromatic heterocycles. The van der Waals surface area contributed by atoms with Crippen LogP contribution in [-0.4, -0.2) is 29.9 Å². The lowest BCUT2D eigenvalue weighted by Gasteiger charge is -2.19. The van der Waals surface area contributed by atoms with E-state index in [1.807, 2.05) is 42.5 Å². The molecule has 2 aromatic carbocycles. The molecule has 0 unspecified atom stereocenters. The summed E-state index contributed by atoms with van der Waals surface area (Å²) in [5.41, 5.74) is 3.31. The average Bonchev–Trinajstić information content (AvgIpc) is 2.91. The van der Waals surface area contributed by atoms with Crippen LogP contribution in [0.5, 0.6) is 0 Å². The maximum absolute atomic E-state index is 12.1. The third kappa shape index (κ3) is 4.95. The average molecular weight is 362 g/mol. The molecule has 0 atom stereocenters. The predicted octanol–water partition coefficient (Wildman–Crippen LogP) is 3.67. The van der Waals surface area contributed by atoms with Crippen molar-refractivity contribution >= 4 is 11.9 Å². The number of esters is 1. The zero-order chi connectivity index (χ0) is 19.1. The number of hydrogen-bond acceptors (Lipinski definition) is 4. The van der Waals surface area contributed by atoms with Gasteiger partial charge in [0.25, 0.3) is 0 Å². The third-order valence-electron chi connectivity index (χ3n) is 4.70. The van der Waals surface area contributed by atoms with Gasteiger partial charge >= 0.3 is 5.97 Å². The molecule has 2 aromatic rings. The van der Waals surface area contributed by atoms with Crippen LogP contribution >= 0.6 is 0 Å². The van der Waals surface area contributed by atoms with Crippen molar-refractivity contribution in [2.75, 3.05) is 13.1 Å². The Morgan fingerprint density at radius 1 is 1.07 bits per heavy atom. The Morgan fingerprint density at radius 2 is 1.85 bits per heavy atom. The van der Waals surface area contributed by atoms with Crippen LogP contribution in [0.4, 0.5) is 0 Å². The number of likely N-dealkylation sites (tertiary alicyclic amines) is 1. The molecule has 1 aliphatic rings. The normalized spacial score (nSPS) is 14.3. The number of amides is 1. The number of ether oxygens (including phenoxy) is 1. The molecule has 1 amide bonds. The van der Waals surface area contributed by atoms with Gasteiger partial charge in [-0.15, -0.1) is 0 Å². The van der Waals surface area contributed by atoms with Gasteiger partial charge < -0.3 is 9.64 Å². The molecule has 5 heteroatoms. The fraction of sp³-hybridized carbons (Fsp3) is 0.318. The van der Waals surface area contributed by atoms with Gasteiger partial charge in [0.15, 0.2) is 0 Å². The van der Waals surface area contributed by atoms with E-state index in [1.54, 1.807) is 11.0 Å². The van der Waals surface area contributed by atoms with Gasteiger partial charge in [-0.3, -0.25) is 9.59 Å². The molecule has 0 bridgehead atoms. The van der Waals surface area contributed by atoms with Crippen molar-refractivity contribution < 1.29 is 14.3 Å². The molecule has 3 rings (SSSR count). The minimum Gasteiger partial charge on any atom is -0.459 e. The third-order valence-corrected chi connectivity index (χ3v) is 4.70. The molecule has 0 radical (unpaired) electrons. The minimum absolute atomic E-state index is 0.0203. The van der Waals surface area contributed by atoms with Crippen LogP contribution in [-0.2, 0) is 20.9 Å². The Labute approximate surface area is 159 Å².